The third-order valence-corrected chi connectivity index (χ3v) is 10.6. The lowest BCUT2D eigenvalue weighted by Crippen LogP contribution is -2.66. The maximum Gasteiger partial charge on any atom is 0.262 e. The van der Waals surface area contributed by atoms with E-state index in [1.165, 1.54) is 12.1 Å². The van der Waals surface area contributed by atoms with Crippen LogP contribution in [-0.4, -0.2) is 84.1 Å². The van der Waals surface area contributed by atoms with E-state index in [1.54, 1.807) is 12.3 Å². The van der Waals surface area contributed by atoms with Crippen LogP contribution in [0.1, 0.15) is 70.6 Å². The topological polar surface area (TPSA) is 149 Å². The molecule has 0 aliphatic carbocycles. The number of anilines is 1. The van der Waals surface area contributed by atoms with Gasteiger partial charge in [-0.1, -0.05) is 38.1 Å². The Morgan fingerprint density at radius 3 is 2.09 bits per heavy atom. The SMILES string of the molecule is CC(C)(c1ccc(OCCCOc2ccc3c(c2)C(=O)N(C2CCC(=O)NC2=O)C3=O)cc1)c1ccc(OCc2ccnc(N3CC4(COC4)C3)n2)cc1. The quantitative estimate of drug-likeness (QED) is 0.153. The highest BCUT2D eigenvalue weighted by atomic mass is 16.5. The van der Waals surface area contributed by atoms with Gasteiger partial charge in [-0.15, -0.1) is 0 Å². The third kappa shape index (κ3) is 6.86. The molecule has 3 aromatic carbocycles. The Balaban J connectivity index is 0.785. The molecular formula is C41H41N5O8. The summed E-state index contributed by atoms with van der Waals surface area (Å²) < 4.78 is 23.3. The molecule has 4 aromatic rings. The fourth-order valence-corrected chi connectivity index (χ4v) is 7.33. The van der Waals surface area contributed by atoms with Gasteiger partial charge in [0.05, 0.1) is 48.7 Å². The minimum Gasteiger partial charge on any atom is -0.493 e. The van der Waals surface area contributed by atoms with Gasteiger partial charge >= 0.3 is 0 Å². The van der Waals surface area contributed by atoms with Gasteiger partial charge in [0.1, 0.15) is 29.9 Å². The highest BCUT2D eigenvalue weighted by Crippen LogP contribution is 2.39. The average Bonchev–Trinajstić information content (AvgIpc) is 3.38. The minimum atomic E-state index is -1.01. The lowest BCUT2D eigenvalue weighted by Gasteiger charge is -2.54. The van der Waals surface area contributed by atoms with E-state index in [-0.39, 0.29) is 29.4 Å². The van der Waals surface area contributed by atoms with E-state index >= 15 is 0 Å². The second kappa shape index (κ2) is 14.2. The Labute approximate surface area is 312 Å². The molecule has 1 aromatic heterocycles. The molecule has 1 N–H and O–H groups in total. The molecular weight excluding hydrogens is 690 g/mol. The number of hydrogen-bond donors (Lipinski definition) is 1. The van der Waals surface area contributed by atoms with Crippen LogP contribution in [0, 0.1) is 5.41 Å². The third-order valence-electron chi connectivity index (χ3n) is 10.6. The number of ether oxygens (including phenoxy) is 4. The fraction of sp³-hybridized carbons (Fsp3) is 0.366. The van der Waals surface area contributed by atoms with Gasteiger partial charge in [-0.25, -0.2) is 9.97 Å². The fourth-order valence-electron chi connectivity index (χ4n) is 7.33. The monoisotopic (exact) mass is 731 g/mol. The van der Waals surface area contributed by atoms with Crippen LogP contribution in [0.15, 0.2) is 79.0 Å². The van der Waals surface area contributed by atoms with E-state index in [1.807, 2.05) is 30.3 Å². The van der Waals surface area contributed by atoms with Crippen LogP contribution in [0.4, 0.5) is 5.95 Å². The van der Waals surface area contributed by atoms with Gasteiger partial charge in [0, 0.05) is 37.5 Å². The van der Waals surface area contributed by atoms with Gasteiger partial charge in [-0.2, -0.15) is 0 Å². The average molecular weight is 732 g/mol. The molecule has 1 unspecified atom stereocenters. The van der Waals surface area contributed by atoms with Gasteiger partial charge < -0.3 is 23.8 Å². The molecule has 0 radical (unpaired) electrons. The van der Waals surface area contributed by atoms with Gasteiger partial charge in [0.2, 0.25) is 17.8 Å². The van der Waals surface area contributed by atoms with E-state index in [0.29, 0.717) is 37.4 Å². The second-order valence-electron chi connectivity index (χ2n) is 14.9. The molecule has 0 saturated carbocycles. The van der Waals surface area contributed by atoms with E-state index in [4.69, 9.17) is 23.9 Å². The molecule has 278 valence electrons. The molecule has 0 bridgehead atoms. The molecule has 4 amide bonds. The first-order valence-electron chi connectivity index (χ1n) is 18.2. The number of aromatic nitrogens is 2. The van der Waals surface area contributed by atoms with Crippen LogP contribution in [0.2, 0.25) is 0 Å². The first-order chi connectivity index (χ1) is 26.1. The molecule has 5 heterocycles. The standard InChI is InChI=1S/C41H41N5O8/c1-40(2,27-6-10-30(11-7-27)54-21-28-16-17-42-39(43-28)45-22-41(23-45)24-51-25-41)26-4-8-29(9-5-26)52-18-3-19-53-31-12-13-32-33(20-31)38(50)46(37(32)49)34-14-15-35(47)44-36(34)48/h4-13,16-17,20,34H,3,14-15,18-19,21-25H2,1-2H3,(H,44,47,48). The van der Waals surface area contributed by atoms with Crippen LogP contribution in [0.5, 0.6) is 17.2 Å². The minimum absolute atomic E-state index is 0.0680. The van der Waals surface area contributed by atoms with Gasteiger partial charge in [0.15, 0.2) is 0 Å². The van der Waals surface area contributed by atoms with E-state index < -0.39 is 29.7 Å². The number of benzene rings is 3. The summed E-state index contributed by atoms with van der Waals surface area (Å²) in [6, 6.07) is 21.8. The zero-order chi connectivity index (χ0) is 37.5. The molecule has 4 aliphatic rings. The van der Waals surface area contributed by atoms with Crippen molar-refractivity contribution >= 4 is 29.6 Å². The Morgan fingerprint density at radius 1 is 0.815 bits per heavy atom. The number of piperidine rings is 1. The predicted octanol–water partition coefficient (Wildman–Crippen LogP) is 4.47. The molecule has 1 atom stereocenters. The lowest BCUT2D eigenvalue weighted by molar-refractivity contribution is -0.136. The zero-order valence-corrected chi connectivity index (χ0v) is 30.2. The second-order valence-corrected chi connectivity index (χ2v) is 14.9. The number of carbonyl (C=O) groups is 4. The molecule has 54 heavy (non-hydrogen) atoms. The van der Waals surface area contributed by atoms with Crippen molar-refractivity contribution in [1.29, 1.82) is 0 Å². The molecule has 13 nitrogen and oxygen atoms in total. The number of nitrogens with one attached hydrogen (secondary N) is 1. The first-order valence-corrected chi connectivity index (χ1v) is 18.2. The Morgan fingerprint density at radius 2 is 1.44 bits per heavy atom. The highest BCUT2D eigenvalue weighted by Gasteiger charge is 2.50. The van der Waals surface area contributed by atoms with Crippen molar-refractivity contribution in [1.82, 2.24) is 20.2 Å². The summed E-state index contributed by atoms with van der Waals surface area (Å²) in [6.07, 6.45) is 2.55. The van der Waals surface area contributed by atoms with Gasteiger partial charge in [0.25, 0.3) is 11.8 Å². The van der Waals surface area contributed by atoms with Crippen molar-refractivity contribution in [3.05, 3.63) is 107 Å². The normalized spacial score (nSPS) is 18.9. The van der Waals surface area contributed by atoms with E-state index in [2.05, 4.69) is 53.3 Å². The Hall–Kier alpha value is -5.82. The molecule has 1 spiro atoms. The summed E-state index contributed by atoms with van der Waals surface area (Å²) in [6.45, 7) is 9.00. The van der Waals surface area contributed by atoms with Crippen molar-refractivity contribution < 1.29 is 38.1 Å². The zero-order valence-electron chi connectivity index (χ0n) is 30.2. The maximum absolute atomic E-state index is 13.1. The molecule has 4 aliphatic heterocycles. The van der Waals surface area contributed by atoms with Crippen LogP contribution in [0.3, 0.4) is 0 Å². The molecule has 3 fully saturated rings. The number of rotatable bonds is 13. The Kier molecular flexibility index (Phi) is 9.26. The van der Waals surface area contributed by atoms with E-state index in [0.717, 1.165) is 65.5 Å². The summed E-state index contributed by atoms with van der Waals surface area (Å²) in [5, 5.41) is 2.20. The lowest BCUT2D eigenvalue weighted by atomic mass is 9.78. The van der Waals surface area contributed by atoms with Crippen molar-refractivity contribution in [3.63, 3.8) is 0 Å². The van der Waals surface area contributed by atoms with Gasteiger partial charge in [-0.05, 0) is 66.1 Å². The summed E-state index contributed by atoms with van der Waals surface area (Å²) in [5.74, 6) is 0.518. The predicted molar refractivity (Wildman–Crippen MR) is 196 cm³/mol. The van der Waals surface area contributed by atoms with Crippen molar-refractivity contribution in [2.24, 2.45) is 5.41 Å². The first kappa shape index (κ1) is 35.2. The smallest absolute Gasteiger partial charge is 0.262 e. The number of imide groups is 2. The molecule has 3 saturated heterocycles. The molecule has 13 heteroatoms. The number of carbonyl (C=O) groups excluding carboxylic acids is 4. The van der Waals surface area contributed by atoms with Crippen molar-refractivity contribution in [2.75, 3.05) is 44.4 Å². The summed E-state index contributed by atoms with van der Waals surface area (Å²) in [7, 11) is 0. The van der Waals surface area contributed by atoms with Crippen molar-refractivity contribution in [3.8, 4) is 17.2 Å². The van der Waals surface area contributed by atoms with Crippen LogP contribution in [0.25, 0.3) is 0 Å². The van der Waals surface area contributed by atoms with Crippen LogP contribution in [-0.2, 0) is 26.3 Å². The summed E-state index contributed by atoms with van der Waals surface area (Å²) >= 11 is 0. The number of fused-ring (bicyclic) bond motifs is 1. The highest BCUT2D eigenvalue weighted by molar-refractivity contribution is 6.23. The van der Waals surface area contributed by atoms with Crippen molar-refractivity contribution in [2.45, 2.75) is 51.2 Å². The van der Waals surface area contributed by atoms with Gasteiger partial charge in [-0.3, -0.25) is 29.4 Å². The maximum atomic E-state index is 13.1. The largest absolute Gasteiger partial charge is 0.493 e. The van der Waals surface area contributed by atoms with Crippen LogP contribution < -0.4 is 24.4 Å². The number of amides is 4. The molecule has 8 rings (SSSR count). The number of nitrogens with zero attached hydrogens (tertiary/aromatic N) is 4. The summed E-state index contributed by atoms with van der Waals surface area (Å²) in [5.41, 5.74) is 3.56. The summed E-state index contributed by atoms with van der Waals surface area (Å²) in [4.78, 5) is 62.1. The number of hydrogen-bond acceptors (Lipinski definition) is 11. The van der Waals surface area contributed by atoms with Crippen LogP contribution >= 0.6 is 0 Å². The van der Waals surface area contributed by atoms with E-state index in [9.17, 15) is 19.2 Å². The Bertz CT molecular complexity index is 2090.